The Morgan fingerprint density at radius 2 is 1.79 bits per heavy atom. The highest BCUT2D eigenvalue weighted by molar-refractivity contribution is 6.32. The van der Waals surface area contributed by atoms with E-state index in [9.17, 15) is 19.2 Å². The molecule has 0 bridgehead atoms. The van der Waals surface area contributed by atoms with Gasteiger partial charge in [-0.3, -0.25) is 25.0 Å². The average Bonchev–Trinajstić information content (AvgIpc) is 3.28. The maximum Gasteiger partial charge on any atom is 0.411 e. The van der Waals surface area contributed by atoms with Crippen molar-refractivity contribution in [2.75, 3.05) is 5.32 Å². The molecule has 1 atom stereocenters. The molecule has 0 radical (unpaired) electrons. The average molecular weight is 590 g/mol. The quantitative estimate of drug-likeness (QED) is 0.329. The molecular formula is C31H28ClN3O7. The summed E-state index contributed by atoms with van der Waals surface area (Å²) in [6, 6.07) is 16.7. The van der Waals surface area contributed by atoms with Crippen LogP contribution in [0.25, 0.3) is 0 Å². The van der Waals surface area contributed by atoms with Crippen LogP contribution in [0.5, 0.6) is 17.2 Å². The summed E-state index contributed by atoms with van der Waals surface area (Å²) in [4.78, 5) is 51.8. The molecule has 3 aromatic rings. The molecular weight excluding hydrogens is 562 g/mol. The van der Waals surface area contributed by atoms with E-state index in [0.29, 0.717) is 39.1 Å². The molecule has 4 amide bonds. The van der Waals surface area contributed by atoms with Crippen LogP contribution in [0.1, 0.15) is 53.6 Å². The molecule has 2 N–H and O–H groups in total. The van der Waals surface area contributed by atoms with Gasteiger partial charge in [0.05, 0.1) is 16.7 Å². The van der Waals surface area contributed by atoms with Gasteiger partial charge in [-0.05, 0) is 67.6 Å². The Hall–Kier alpha value is -4.57. The SMILES string of the molecule is O=C1CCC(N2Cc3ccc(COC(=O)Nc4ccc(Oc5ccccc5Cl)cc4)c(OC4CCC4)c3C2=O)C(=O)N1. The third-order valence-corrected chi connectivity index (χ3v) is 7.90. The second kappa shape index (κ2) is 11.7. The highest BCUT2D eigenvalue weighted by Gasteiger charge is 2.41. The van der Waals surface area contributed by atoms with Gasteiger partial charge in [0.25, 0.3) is 5.91 Å². The minimum Gasteiger partial charge on any atom is -0.489 e. The summed E-state index contributed by atoms with van der Waals surface area (Å²) in [6.45, 7) is 0.111. The molecule has 10 nitrogen and oxygen atoms in total. The number of halogens is 1. The van der Waals surface area contributed by atoms with E-state index in [1.165, 1.54) is 4.90 Å². The summed E-state index contributed by atoms with van der Waals surface area (Å²) in [6.07, 6.45) is 2.50. The summed E-state index contributed by atoms with van der Waals surface area (Å²) >= 11 is 6.15. The van der Waals surface area contributed by atoms with Crippen molar-refractivity contribution in [1.29, 1.82) is 0 Å². The van der Waals surface area contributed by atoms with Crippen molar-refractivity contribution >= 4 is 41.1 Å². The first-order valence-corrected chi connectivity index (χ1v) is 14.2. The van der Waals surface area contributed by atoms with E-state index in [2.05, 4.69) is 10.6 Å². The number of hydrogen-bond acceptors (Lipinski definition) is 7. The zero-order valence-electron chi connectivity index (χ0n) is 22.6. The molecule has 42 heavy (non-hydrogen) atoms. The van der Waals surface area contributed by atoms with Crippen molar-refractivity contribution in [3.63, 3.8) is 0 Å². The first-order chi connectivity index (χ1) is 20.4. The van der Waals surface area contributed by atoms with Gasteiger partial charge in [-0.2, -0.15) is 0 Å². The number of nitrogens with zero attached hydrogens (tertiary/aromatic N) is 1. The normalized spacial score (nSPS) is 18.2. The monoisotopic (exact) mass is 589 g/mol. The highest BCUT2D eigenvalue weighted by Crippen LogP contribution is 2.39. The predicted octanol–water partition coefficient (Wildman–Crippen LogP) is 5.57. The maximum absolute atomic E-state index is 13.6. The molecule has 2 fully saturated rings. The molecule has 1 unspecified atom stereocenters. The Kier molecular flexibility index (Phi) is 7.71. The maximum atomic E-state index is 13.6. The number of hydrogen-bond donors (Lipinski definition) is 2. The smallest absolute Gasteiger partial charge is 0.411 e. The number of imide groups is 1. The number of benzene rings is 3. The van der Waals surface area contributed by atoms with E-state index in [-0.39, 0.29) is 43.9 Å². The number of carbonyl (C=O) groups excluding carboxylic acids is 4. The van der Waals surface area contributed by atoms with E-state index >= 15 is 0 Å². The zero-order valence-corrected chi connectivity index (χ0v) is 23.3. The molecule has 3 aliphatic rings. The fourth-order valence-corrected chi connectivity index (χ4v) is 5.30. The van der Waals surface area contributed by atoms with Gasteiger partial charge in [0.2, 0.25) is 11.8 Å². The number of nitrogens with one attached hydrogen (secondary N) is 2. The fourth-order valence-electron chi connectivity index (χ4n) is 5.12. The van der Waals surface area contributed by atoms with Gasteiger partial charge in [0, 0.05) is 24.2 Å². The molecule has 3 aromatic carbocycles. The molecule has 0 spiro atoms. The number of carbonyl (C=O) groups is 4. The Bertz CT molecular complexity index is 1550. The molecule has 1 saturated heterocycles. The molecule has 6 rings (SSSR count). The largest absolute Gasteiger partial charge is 0.489 e. The summed E-state index contributed by atoms with van der Waals surface area (Å²) in [7, 11) is 0. The van der Waals surface area contributed by atoms with Crippen molar-refractivity contribution in [2.45, 2.75) is 57.4 Å². The van der Waals surface area contributed by atoms with Gasteiger partial charge >= 0.3 is 6.09 Å². The molecule has 216 valence electrons. The third-order valence-electron chi connectivity index (χ3n) is 7.59. The lowest BCUT2D eigenvalue weighted by atomic mass is 9.95. The second-order valence-corrected chi connectivity index (χ2v) is 10.8. The van der Waals surface area contributed by atoms with Crippen LogP contribution in [0.4, 0.5) is 10.5 Å². The zero-order chi connectivity index (χ0) is 29.2. The van der Waals surface area contributed by atoms with Gasteiger partial charge in [0.15, 0.2) is 0 Å². The van der Waals surface area contributed by atoms with Crippen LogP contribution in [-0.4, -0.2) is 40.9 Å². The molecule has 1 aliphatic carbocycles. The second-order valence-electron chi connectivity index (χ2n) is 10.4. The van der Waals surface area contributed by atoms with Crippen LogP contribution >= 0.6 is 11.6 Å². The van der Waals surface area contributed by atoms with E-state index in [0.717, 1.165) is 24.8 Å². The van der Waals surface area contributed by atoms with Crippen LogP contribution in [0.15, 0.2) is 60.7 Å². The van der Waals surface area contributed by atoms with E-state index in [1.54, 1.807) is 48.5 Å². The Labute approximate surface area is 246 Å². The Morgan fingerprint density at radius 1 is 1.00 bits per heavy atom. The third kappa shape index (κ3) is 5.75. The van der Waals surface area contributed by atoms with E-state index < -0.39 is 18.0 Å². The Balaban J connectivity index is 1.13. The van der Waals surface area contributed by atoms with Crippen molar-refractivity contribution in [3.05, 3.63) is 82.4 Å². The number of anilines is 1. The first-order valence-electron chi connectivity index (χ1n) is 13.8. The minimum absolute atomic E-state index is 0.0342. The van der Waals surface area contributed by atoms with E-state index in [4.69, 9.17) is 25.8 Å². The van der Waals surface area contributed by atoms with Crippen molar-refractivity contribution in [3.8, 4) is 17.2 Å². The van der Waals surface area contributed by atoms with Crippen molar-refractivity contribution in [2.24, 2.45) is 0 Å². The number of rotatable bonds is 8. The predicted molar refractivity (Wildman–Crippen MR) is 153 cm³/mol. The molecule has 1 saturated carbocycles. The number of amides is 4. The molecule has 2 heterocycles. The number of para-hydroxylation sites is 1. The van der Waals surface area contributed by atoms with Gasteiger partial charge in [-0.25, -0.2) is 4.79 Å². The van der Waals surface area contributed by atoms with Crippen molar-refractivity contribution < 1.29 is 33.4 Å². The van der Waals surface area contributed by atoms with Crippen LogP contribution in [0, 0.1) is 0 Å². The summed E-state index contributed by atoms with van der Waals surface area (Å²) < 4.78 is 17.5. The lowest BCUT2D eigenvalue weighted by Crippen LogP contribution is -2.52. The summed E-state index contributed by atoms with van der Waals surface area (Å²) in [5.41, 5.74) is 2.16. The number of fused-ring (bicyclic) bond motifs is 1. The Morgan fingerprint density at radius 3 is 2.50 bits per heavy atom. The van der Waals surface area contributed by atoms with Crippen LogP contribution in [-0.2, 0) is 27.5 Å². The van der Waals surface area contributed by atoms with Crippen molar-refractivity contribution in [1.82, 2.24) is 10.2 Å². The standard InChI is InChI=1S/C31H28ClN3O7/c32-23-6-1-2-7-25(23)41-22-12-10-20(11-13-22)33-31(39)40-17-19-9-8-18-16-35(24-14-15-26(36)34-29(24)37)30(38)27(18)28(19)42-21-4-3-5-21/h1-2,6-13,21,24H,3-5,14-17H2,(H,33,39)(H,34,36,37). The lowest BCUT2D eigenvalue weighted by molar-refractivity contribution is -0.136. The first kappa shape index (κ1) is 27.6. The summed E-state index contributed by atoms with van der Waals surface area (Å²) in [5.74, 6) is 0.303. The molecule has 2 aliphatic heterocycles. The highest BCUT2D eigenvalue weighted by atomic mass is 35.5. The van der Waals surface area contributed by atoms with Crippen LogP contribution in [0.2, 0.25) is 5.02 Å². The minimum atomic E-state index is -0.730. The lowest BCUT2D eigenvalue weighted by Gasteiger charge is -2.30. The van der Waals surface area contributed by atoms with Gasteiger partial charge in [0.1, 0.15) is 29.9 Å². The van der Waals surface area contributed by atoms with Gasteiger partial charge in [-0.1, -0.05) is 35.9 Å². The van der Waals surface area contributed by atoms with Gasteiger partial charge < -0.3 is 19.1 Å². The van der Waals surface area contributed by atoms with Gasteiger partial charge in [-0.15, -0.1) is 0 Å². The van der Waals surface area contributed by atoms with Crippen LogP contribution in [0.3, 0.4) is 0 Å². The topological polar surface area (TPSA) is 123 Å². The van der Waals surface area contributed by atoms with Crippen LogP contribution < -0.4 is 20.1 Å². The fraction of sp³-hybridized carbons (Fsp3) is 0.290. The summed E-state index contributed by atoms with van der Waals surface area (Å²) in [5, 5.41) is 5.49. The number of ether oxygens (including phenoxy) is 3. The van der Waals surface area contributed by atoms with E-state index in [1.807, 2.05) is 12.1 Å². The number of piperidine rings is 1. The molecule has 0 aromatic heterocycles. The molecule has 11 heteroatoms.